The monoisotopic (exact) mass is 408 g/mol. The molecule has 0 spiro atoms. The minimum atomic E-state index is -0.197. The maximum absolute atomic E-state index is 13.0. The van der Waals surface area contributed by atoms with Gasteiger partial charge in [-0.05, 0) is 44.0 Å². The number of rotatable bonds is 6. The molecule has 158 valence electrons. The maximum Gasteiger partial charge on any atom is 0.317 e. The van der Waals surface area contributed by atoms with E-state index in [0.29, 0.717) is 36.6 Å². The molecule has 0 saturated carbocycles. The molecule has 2 heterocycles. The van der Waals surface area contributed by atoms with Crippen molar-refractivity contribution < 1.29 is 14.3 Å². The minimum absolute atomic E-state index is 0.0819. The quantitative estimate of drug-likeness (QED) is 0.714. The Balaban J connectivity index is 1.73. The average Bonchev–Trinajstić information content (AvgIpc) is 2.77. The Bertz CT molecular complexity index is 920. The van der Waals surface area contributed by atoms with Crippen molar-refractivity contribution in [2.24, 2.45) is 0 Å². The highest BCUT2D eigenvalue weighted by Crippen LogP contribution is 2.30. The van der Waals surface area contributed by atoms with Gasteiger partial charge in [-0.15, -0.1) is 6.58 Å². The van der Waals surface area contributed by atoms with E-state index in [1.165, 1.54) is 0 Å². The van der Waals surface area contributed by atoms with Crippen LogP contribution in [0.1, 0.15) is 40.5 Å². The normalized spacial score (nSPS) is 14.1. The minimum Gasteiger partial charge on any atom is -0.497 e. The summed E-state index contributed by atoms with van der Waals surface area (Å²) in [7, 11) is 1.59. The Labute approximate surface area is 177 Å². The van der Waals surface area contributed by atoms with E-state index in [9.17, 15) is 9.59 Å². The number of amides is 3. The lowest BCUT2D eigenvalue weighted by molar-refractivity contribution is 0.102. The molecule has 1 aliphatic heterocycles. The van der Waals surface area contributed by atoms with E-state index in [2.05, 4.69) is 17.2 Å². The number of nitrogens with zero attached hydrogens (tertiary/aromatic N) is 2. The van der Waals surface area contributed by atoms with Crippen LogP contribution in [0.3, 0.4) is 0 Å². The van der Waals surface area contributed by atoms with Gasteiger partial charge in [-0.1, -0.05) is 12.1 Å². The van der Waals surface area contributed by atoms with E-state index in [-0.39, 0.29) is 17.9 Å². The molecule has 0 aliphatic carbocycles. The van der Waals surface area contributed by atoms with E-state index >= 15 is 0 Å². The Hall–Kier alpha value is -3.35. The highest BCUT2D eigenvalue weighted by molar-refractivity contribution is 6.05. The first-order valence-electron chi connectivity index (χ1n) is 10.1. The molecule has 0 bridgehead atoms. The van der Waals surface area contributed by atoms with Crippen molar-refractivity contribution in [1.82, 2.24) is 15.2 Å². The summed E-state index contributed by atoms with van der Waals surface area (Å²) in [4.78, 5) is 31.7. The fraction of sp³-hybridized carbons (Fsp3) is 0.348. The number of pyridine rings is 1. The number of likely N-dealkylation sites (tertiary alicyclic amines) is 1. The lowest BCUT2D eigenvalue weighted by atomic mass is 9.90. The number of carbonyl (C=O) groups excluding carboxylic acids is 2. The smallest absolute Gasteiger partial charge is 0.317 e. The van der Waals surface area contributed by atoms with Gasteiger partial charge in [0.15, 0.2) is 0 Å². The summed E-state index contributed by atoms with van der Waals surface area (Å²) >= 11 is 0. The summed E-state index contributed by atoms with van der Waals surface area (Å²) in [6.07, 6.45) is 3.18. The molecule has 2 N–H and O–H groups in total. The van der Waals surface area contributed by atoms with Crippen molar-refractivity contribution in [3.63, 3.8) is 0 Å². The summed E-state index contributed by atoms with van der Waals surface area (Å²) < 4.78 is 5.22. The molecule has 1 aromatic heterocycles. The van der Waals surface area contributed by atoms with E-state index < -0.39 is 0 Å². The number of benzene rings is 1. The van der Waals surface area contributed by atoms with E-state index in [1.54, 1.807) is 24.2 Å². The summed E-state index contributed by atoms with van der Waals surface area (Å²) in [5.74, 6) is 0.605. The Morgan fingerprint density at radius 3 is 2.73 bits per heavy atom. The van der Waals surface area contributed by atoms with Crippen molar-refractivity contribution in [2.45, 2.75) is 25.7 Å². The number of hydrogen-bond acceptors (Lipinski definition) is 4. The number of nitrogens with one attached hydrogen (secondary N) is 2. The molecular weight excluding hydrogens is 380 g/mol. The largest absolute Gasteiger partial charge is 0.497 e. The molecule has 1 saturated heterocycles. The zero-order valence-corrected chi connectivity index (χ0v) is 17.5. The predicted octanol–water partition coefficient (Wildman–Crippen LogP) is 3.73. The third-order valence-electron chi connectivity index (χ3n) is 5.20. The SMILES string of the molecule is C=CCNC(=O)N1CCC(c2nc(C)ccc2C(=O)Nc2cccc(OC)c2)CC1. The molecule has 3 rings (SSSR count). The van der Waals surface area contributed by atoms with E-state index in [4.69, 9.17) is 9.72 Å². The van der Waals surface area contributed by atoms with Crippen LogP contribution in [0.4, 0.5) is 10.5 Å². The summed E-state index contributed by atoms with van der Waals surface area (Å²) in [5.41, 5.74) is 2.90. The lowest BCUT2D eigenvalue weighted by Gasteiger charge is -2.32. The highest BCUT2D eigenvalue weighted by Gasteiger charge is 2.27. The van der Waals surface area contributed by atoms with Crippen molar-refractivity contribution in [1.29, 1.82) is 0 Å². The van der Waals surface area contributed by atoms with E-state index in [1.807, 2.05) is 37.3 Å². The lowest BCUT2D eigenvalue weighted by Crippen LogP contribution is -2.44. The number of hydrogen-bond donors (Lipinski definition) is 2. The van der Waals surface area contributed by atoms with Crippen LogP contribution in [0.2, 0.25) is 0 Å². The Morgan fingerprint density at radius 1 is 1.27 bits per heavy atom. The van der Waals surface area contributed by atoms with Gasteiger partial charge in [0.05, 0.1) is 18.4 Å². The first-order valence-corrected chi connectivity index (χ1v) is 10.1. The summed E-state index contributed by atoms with van der Waals surface area (Å²) in [5, 5.41) is 5.75. The number of ether oxygens (including phenoxy) is 1. The third kappa shape index (κ3) is 5.17. The molecule has 3 amide bonds. The van der Waals surface area contributed by atoms with Gasteiger partial charge in [0.1, 0.15) is 5.75 Å². The van der Waals surface area contributed by atoms with Gasteiger partial charge >= 0.3 is 6.03 Å². The zero-order chi connectivity index (χ0) is 21.5. The van der Waals surface area contributed by atoms with Crippen LogP contribution in [-0.4, -0.2) is 48.6 Å². The Morgan fingerprint density at radius 2 is 2.03 bits per heavy atom. The van der Waals surface area contributed by atoms with Crippen LogP contribution in [0.15, 0.2) is 49.1 Å². The number of carbonyl (C=O) groups is 2. The molecule has 7 nitrogen and oxygen atoms in total. The fourth-order valence-corrected chi connectivity index (χ4v) is 3.61. The number of urea groups is 1. The van der Waals surface area contributed by atoms with Gasteiger partial charge in [-0.25, -0.2) is 4.79 Å². The zero-order valence-electron chi connectivity index (χ0n) is 17.5. The molecule has 1 fully saturated rings. The second-order valence-electron chi connectivity index (χ2n) is 7.31. The molecule has 30 heavy (non-hydrogen) atoms. The van der Waals surface area contributed by atoms with Crippen LogP contribution < -0.4 is 15.4 Å². The van der Waals surface area contributed by atoms with Gasteiger partial charge in [0, 0.05) is 43.0 Å². The van der Waals surface area contributed by atoms with Crippen LogP contribution in [0.5, 0.6) is 5.75 Å². The average molecular weight is 409 g/mol. The van der Waals surface area contributed by atoms with Gasteiger partial charge in [0.25, 0.3) is 5.91 Å². The van der Waals surface area contributed by atoms with Gasteiger partial charge in [-0.3, -0.25) is 9.78 Å². The molecule has 1 aromatic carbocycles. The first kappa shape index (κ1) is 21.4. The van der Waals surface area contributed by atoms with Crippen molar-refractivity contribution >= 4 is 17.6 Å². The maximum atomic E-state index is 13.0. The molecule has 0 radical (unpaired) electrons. The summed E-state index contributed by atoms with van der Waals surface area (Å²) in [6, 6.07) is 10.9. The highest BCUT2D eigenvalue weighted by atomic mass is 16.5. The first-order chi connectivity index (χ1) is 14.5. The molecule has 1 aliphatic rings. The standard InChI is InChI=1S/C23H28N4O3/c1-4-12-24-23(29)27-13-10-17(11-14-27)21-20(9-8-16(2)25-21)22(28)26-18-6-5-7-19(15-18)30-3/h4-9,15,17H,1,10-14H2,2-3H3,(H,24,29)(H,26,28). The van der Waals surface area contributed by atoms with Crippen molar-refractivity contribution in [3.05, 3.63) is 66.0 Å². The third-order valence-corrected chi connectivity index (χ3v) is 5.20. The van der Waals surface area contributed by atoms with E-state index in [0.717, 1.165) is 24.2 Å². The van der Waals surface area contributed by atoms with Crippen LogP contribution in [-0.2, 0) is 0 Å². The second kappa shape index (κ2) is 9.91. The topological polar surface area (TPSA) is 83.6 Å². The summed E-state index contributed by atoms with van der Waals surface area (Å²) in [6.45, 7) is 7.24. The number of aromatic nitrogens is 1. The Kier molecular flexibility index (Phi) is 7.06. The second-order valence-corrected chi connectivity index (χ2v) is 7.31. The van der Waals surface area contributed by atoms with Crippen LogP contribution >= 0.6 is 0 Å². The van der Waals surface area contributed by atoms with Crippen LogP contribution in [0.25, 0.3) is 0 Å². The van der Waals surface area contributed by atoms with Gasteiger partial charge in [0.2, 0.25) is 0 Å². The number of piperidine rings is 1. The van der Waals surface area contributed by atoms with Crippen LogP contribution in [0, 0.1) is 6.92 Å². The van der Waals surface area contributed by atoms with Crippen molar-refractivity contribution in [3.8, 4) is 5.75 Å². The molecular formula is C23H28N4O3. The van der Waals surface area contributed by atoms with Gasteiger partial charge < -0.3 is 20.3 Å². The fourth-order valence-electron chi connectivity index (χ4n) is 3.61. The number of anilines is 1. The molecule has 2 aromatic rings. The number of methoxy groups -OCH3 is 1. The number of aryl methyl sites for hydroxylation is 1. The van der Waals surface area contributed by atoms with Crippen molar-refractivity contribution in [2.75, 3.05) is 32.1 Å². The molecule has 0 atom stereocenters. The molecule has 7 heteroatoms. The predicted molar refractivity (Wildman–Crippen MR) is 117 cm³/mol. The molecule has 0 unspecified atom stereocenters. The van der Waals surface area contributed by atoms with Gasteiger partial charge in [-0.2, -0.15) is 0 Å².